The van der Waals surface area contributed by atoms with Gasteiger partial charge >= 0.3 is 6.03 Å². The number of aromatic nitrogens is 2. The monoisotopic (exact) mass is 583 g/mol. The average Bonchev–Trinajstić information content (AvgIpc) is 3.37. The number of hydrogen-bond acceptors (Lipinski definition) is 9. The fourth-order valence-corrected chi connectivity index (χ4v) is 5.51. The number of methoxy groups -OCH3 is 1. The Kier molecular flexibility index (Phi) is 8.29. The number of benzene rings is 2. The quantitative estimate of drug-likeness (QED) is 0.318. The van der Waals surface area contributed by atoms with Gasteiger partial charge in [0.15, 0.2) is 11.5 Å². The molecule has 218 valence electrons. The van der Waals surface area contributed by atoms with Gasteiger partial charge in [-0.15, -0.1) is 0 Å². The lowest BCUT2D eigenvalue weighted by molar-refractivity contribution is -0.105. The van der Waals surface area contributed by atoms with E-state index in [0.717, 1.165) is 39.3 Å². The molecule has 2 N–H and O–H groups in total. The molecular weight excluding hydrogens is 550 g/mol. The summed E-state index contributed by atoms with van der Waals surface area (Å²) in [5.41, 5.74) is 1.53. The number of fused-ring (bicyclic) bond motifs is 1. The molecule has 1 spiro atoms. The number of ether oxygens (including phenoxy) is 5. The number of likely N-dealkylation sites (tertiary alicyclic amines) is 1. The number of hydrogen-bond donors (Lipinski definition) is 2. The number of carbonyl (C=O) groups excluding carboxylic acids is 1. The highest BCUT2D eigenvalue weighted by atomic mass is 35.5. The summed E-state index contributed by atoms with van der Waals surface area (Å²) in [5, 5.41) is 6.58. The molecule has 0 bridgehead atoms. The van der Waals surface area contributed by atoms with Crippen molar-refractivity contribution in [3.05, 3.63) is 41.7 Å². The van der Waals surface area contributed by atoms with Crippen LogP contribution >= 0.6 is 11.6 Å². The first kappa shape index (κ1) is 27.8. The van der Waals surface area contributed by atoms with E-state index in [1.807, 2.05) is 12.1 Å². The van der Waals surface area contributed by atoms with Gasteiger partial charge in [0, 0.05) is 43.1 Å². The van der Waals surface area contributed by atoms with E-state index in [2.05, 4.69) is 25.5 Å². The van der Waals surface area contributed by atoms with Gasteiger partial charge in [0.2, 0.25) is 5.88 Å². The molecule has 6 rings (SSSR count). The summed E-state index contributed by atoms with van der Waals surface area (Å²) in [5.74, 6) is 2.35. The lowest BCUT2D eigenvalue weighted by atomic mass is 9.85. The summed E-state index contributed by atoms with van der Waals surface area (Å²) in [6.45, 7) is 7.48. The molecule has 3 aliphatic heterocycles. The minimum absolute atomic E-state index is 0.326. The number of anilines is 1. The topological polar surface area (TPSA) is 116 Å². The van der Waals surface area contributed by atoms with Gasteiger partial charge in [-0.3, -0.25) is 0 Å². The predicted octanol–water partition coefficient (Wildman–Crippen LogP) is 4.34. The van der Waals surface area contributed by atoms with Crippen molar-refractivity contribution < 1.29 is 28.5 Å². The van der Waals surface area contributed by atoms with Crippen molar-refractivity contribution in [1.29, 1.82) is 0 Å². The van der Waals surface area contributed by atoms with Crippen LogP contribution in [-0.2, 0) is 9.47 Å². The van der Waals surface area contributed by atoms with Crippen LogP contribution in [0.1, 0.15) is 12.8 Å². The Bertz CT molecular complexity index is 1400. The first-order valence-corrected chi connectivity index (χ1v) is 14.2. The zero-order chi connectivity index (χ0) is 28.2. The van der Waals surface area contributed by atoms with E-state index in [0.29, 0.717) is 82.4 Å². The van der Waals surface area contributed by atoms with Gasteiger partial charge in [-0.1, -0.05) is 11.6 Å². The maximum absolute atomic E-state index is 12.2. The summed E-state index contributed by atoms with van der Waals surface area (Å²) < 4.78 is 28.3. The number of urea groups is 1. The molecule has 11 nitrogen and oxygen atoms in total. The molecule has 3 aromatic rings. The summed E-state index contributed by atoms with van der Waals surface area (Å²) in [7, 11) is 1.60. The summed E-state index contributed by atoms with van der Waals surface area (Å²) in [6, 6.07) is 8.35. The van der Waals surface area contributed by atoms with Crippen LogP contribution < -0.4 is 24.8 Å². The fourth-order valence-electron chi connectivity index (χ4n) is 5.29. The van der Waals surface area contributed by atoms with Gasteiger partial charge in [-0.05, 0) is 37.6 Å². The van der Waals surface area contributed by atoms with Gasteiger partial charge in [-0.25, -0.2) is 14.8 Å². The molecular formula is C29H34ClN5O6. The molecule has 3 aliphatic rings. The zero-order valence-corrected chi connectivity index (χ0v) is 23.7. The van der Waals surface area contributed by atoms with E-state index >= 15 is 0 Å². The fraction of sp³-hybridized carbons (Fsp3) is 0.483. The van der Waals surface area contributed by atoms with Crippen LogP contribution in [0.2, 0.25) is 5.02 Å². The molecule has 0 atom stereocenters. The maximum Gasteiger partial charge on any atom is 0.319 e. The Balaban J connectivity index is 1.07. The van der Waals surface area contributed by atoms with Crippen LogP contribution in [0.3, 0.4) is 0 Å². The molecule has 3 fully saturated rings. The van der Waals surface area contributed by atoms with Crippen LogP contribution in [0.25, 0.3) is 10.9 Å². The molecule has 3 saturated heterocycles. The summed E-state index contributed by atoms with van der Waals surface area (Å²) in [6.07, 6.45) is 3.58. The van der Waals surface area contributed by atoms with Gasteiger partial charge in [-0.2, -0.15) is 0 Å². The van der Waals surface area contributed by atoms with E-state index in [-0.39, 0.29) is 6.03 Å². The second-order valence-corrected chi connectivity index (χ2v) is 11.3. The van der Waals surface area contributed by atoms with E-state index in [1.54, 1.807) is 25.3 Å². The number of carbonyl (C=O) groups is 1. The summed E-state index contributed by atoms with van der Waals surface area (Å²) >= 11 is 6.43. The number of halogens is 1. The van der Waals surface area contributed by atoms with Crippen molar-refractivity contribution in [2.45, 2.75) is 12.8 Å². The van der Waals surface area contributed by atoms with E-state index in [1.165, 1.54) is 12.7 Å². The predicted molar refractivity (Wildman–Crippen MR) is 153 cm³/mol. The standard InChI is InChI=1S/C29H34ClN5O6/c1-37-25-10-21-24(11-26(25)40-8-2-6-35-7-5-29(15-35)16-39-17-29)32-18-33-27(21)41-20-3-4-23(22(30)9-20)34-28(36)31-12-19-13-38-14-19/h3-4,9-11,18-19H,2,5-8,12-17H2,1H3,(H2,31,34,36). The molecule has 2 aromatic carbocycles. The number of rotatable bonds is 11. The minimum Gasteiger partial charge on any atom is -0.493 e. The zero-order valence-electron chi connectivity index (χ0n) is 23.0. The molecule has 41 heavy (non-hydrogen) atoms. The SMILES string of the molecule is COc1cc2c(Oc3ccc(NC(=O)NCC4COC4)c(Cl)c3)ncnc2cc1OCCCN1CCC2(COC2)C1. The van der Waals surface area contributed by atoms with Crippen molar-refractivity contribution in [1.82, 2.24) is 20.2 Å². The average molecular weight is 584 g/mol. The number of nitrogens with zero attached hydrogens (tertiary/aromatic N) is 3. The third-order valence-corrected chi connectivity index (χ3v) is 8.07. The third kappa shape index (κ3) is 6.43. The molecule has 0 radical (unpaired) electrons. The maximum atomic E-state index is 12.2. The third-order valence-electron chi connectivity index (χ3n) is 7.76. The molecule has 4 heterocycles. The lowest BCUT2D eigenvalue weighted by Crippen LogP contribution is -2.44. The van der Waals surface area contributed by atoms with Crippen molar-refractivity contribution in [2.24, 2.45) is 11.3 Å². The lowest BCUT2D eigenvalue weighted by Gasteiger charge is -2.37. The Hall–Kier alpha value is -3.38. The minimum atomic E-state index is -0.326. The van der Waals surface area contributed by atoms with E-state index in [9.17, 15) is 4.79 Å². The van der Waals surface area contributed by atoms with Gasteiger partial charge in [0.25, 0.3) is 0 Å². The van der Waals surface area contributed by atoms with E-state index < -0.39 is 0 Å². The highest BCUT2D eigenvalue weighted by molar-refractivity contribution is 6.33. The van der Waals surface area contributed by atoms with Crippen molar-refractivity contribution in [2.75, 3.05) is 71.6 Å². The Morgan fingerprint density at radius 1 is 1.17 bits per heavy atom. The van der Waals surface area contributed by atoms with E-state index in [4.69, 9.17) is 35.3 Å². The van der Waals surface area contributed by atoms with Crippen molar-refractivity contribution >= 4 is 34.2 Å². The second kappa shape index (κ2) is 12.2. The molecule has 0 aliphatic carbocycles. The van der Waals surface area contributed by atoms with Gasteiger partial charge < -0.3 is 39.2 Å². The Morgan fingerprint density at radius 2 is 2.05 bits per heavy atom. The first-order chi connectivity index (χ1) is 20.0. The van der Waals surface area contributed by atoms with Gasteiger partial charge in [0.1, 0.15) is 12.1 Å². The highest BCUT2D eigenvalue weighted by Crippen LogP contribution is 2.38. The number of nitrogens with one attached hydrogen (secondary N) is 2. The van der Waals surface area contributed by atoms with Crippen LogP contribution in [0.5, 0.6) is 23.1 Å². The smallest absolute Gasteiger partial charge is 0.319 e. The van der Waals surface area contributed by atoms with Crippen LogP contribution in [0, 0.1) is 11.3 Å². The molecule has 0 saturated carbocycles. The highest BCUT2D eigenvalue weighted by Gasteiger charge is 2.43. The summed E-state index contributed by atoms with van der Waals surface area (Å²) in [4.78, 5) is 23.4. The molecule has 2 amide bonds. The second-order valence-electron chi connectivity index (χ2n) is 10.9. The van der Waals surface area contributed by atoms with Crippen molar-refractivity contribution in [3.8, 4) is 23.1 Å². The normalized spacial score (nSPS) is 18.1. The Morgan fingerprint density at radius 3 is 2.76 bits per heavy atom. The van der Waals surface area contributed by atoms with Crippen LogP contribution in [-0.4, -0.2) is 87.2 Å². The molecule has 1 aromatic heterocycles. The molecule has 12 heteroatoms. The first-order valence-electron chi connectivity index (χ1n) is 13.9. The largest absolute Gasteiger partial charge is 0.493 e. The van der Waals surface area contributed by atoms with Crippen LogP contribution in [0.4, 0.5) is 10.5 Å². The van der Waals surface area contributed by atoms with Gasteiger partial charge in [0.05, 0.1) is 61.8 Å². The molecule has 0 unspecified atom stereocenters. The Labute approximate surface area is 243 Å². The van der Waals surface area contributed by atoms with Crippen molar-refractivity contribution in [3.63, 3.8) is 0 Å². The number of amides is 2. The van der Waals surface area contributed by atoms with Crippen LogP contribution in [0.15, 0.2) is 36.7 Å².